The van der Waals surface area contributed by atoms with Crippen molar-refractivity contribution in [2.24, 2.45) is 17.8 Å². The molecule has 1 aromatic carbocycles. The lowest BCUT2D eigenvalue weighted by Gasteiger charge is -2.20. The van der Waals surface area contributed by atoms with Gasteiger partial charge in [0.15, 0.2) is 12.2 Å². The summed E-state index contributed by atoms with van der Waals surface area (Å²) in [7, 11) is 0.731. The number of aromatic nitrogens is 1. The average molecular weight is 347 g/mol. The zero-order valence-corrected chi connectivity index (χ0v) is 14.6. The molecular weight excluding hydrogens is 326 g/mol. The van der Waals surface area contributed by atoms with Crippen LogP contribution in [0.3, 0.4) is 0 Å². The Morgan fingerprint density at radius 2 is 1.88 bits per heavy atom. The van der Waals surface area contributed by atoms with E-state index in [1.807, 2.05) is 0 Å². The van der Waals surface area contributed by atoms with Gasteiger partial charge in [0.05, 0.1) is 11.1 Å². The molecule has 0 amide bonds. The van der Waals surface area contributed by atoms with E-state index in [2.05, 4.69) is 24.0 Å². The van der Waals surface area contributed by atoms with E-state index >= 15 is 0 Å². The van der Waals surface area contributed by atoms with Gasteiger partial charge in [0.25, 0.3) is 0 Å². The predicted octanol–water partition coefficient (Wildman–Crippen LogP) is 1.77. The molecule has 7 heteroatoms. The minimum Gasteiger partial charge on any atom is -0.444 e. The standard InChI is InChI=1S/C17H21N3O3S/c1-19(2)8-14-15-9-20(10-16(14)15)24(21,22)13-5-3-12(4-6-13)17-7-18-11-23-17/h3-7,11,14-16H,8-10H2,1-2H3/t14?,15-,16+. The van der Waals surface area contributed by atoms with Crippen LogP contribution in [0.4, 0.5) is 0 Å². The summed E-state index contributed by atoms with van der Waals surface area (Å²) in [5, 5.41) is 0. The lowest BCUT2D eigenvalue weighted by Crippen LogP contribution is -2.33. The SMILES string of the molecule is CN(C)CC1[C@H]2CN(S(=O)(=O)c3ccc(-c4cnco4)cc3)C[C@@H]12. The highest BCUT2D eigenvalue weighted by atomic mass is 32.2. The third kappa shape index (κ3) is 2.66. The summed E-state index contributed by atoms with van der Waals surface area (Å²) in [6, 6.07) is 6.82. The van der Waals surface area contributed by atoms with Crippen LogP contribution >= 0.6 is 0 Å². The third-order valence-electron chi connectivity index (χ3n) is 5.12. The van der Waals surface area contributed by atoms with E-state index in [-0.39, 0.29) is 0 Å². The van der Waals surface area contributed by atoms with Crippen molar-refractivity contribution in [2.75, 3.05) is 33.7 Å². The second-order valence-corrected chi connectivity index (χ2v) is 8.90. The highest BCUT2D eigenvalue weighted by molar-refractivity contribution is 7.89. The first-order valence-electron chi connectivity index (χ1n) is 8.10. The number of oxazole rings is 1. The molecule has 3 atom stereocenters. The zero-order valence-electron chi connectivity index (χ0n) is 13.8. The highest BCUT2D eigenvalue weighted by Crippen LogP contribution is 2.52. The van der Waals surface area contributed by atoms with Gasteiger partial charge in [-0.25, -0.2) is 13.4 Å². The monoisotopic (exact) mass is 347 g/mol. The van der Waals surface area contributed by atoms with Gasteiger partial charge in [0, 0.05) is 25.2 Å². The van der Waals surface area contributed by atoms with Crippen LogP contribution in [0.15, 0.2) is 46.2 Å². The number of hydrogen-bond acceptors (Lipinski definition) is 5. The first kappa shape index (κ1) is 15.8. The minimum atomic E-state index is -3.41. The molecule has 2 fully saturated rings. The molecule has 2 heterocycles. The number of hydrogen-bond donors (Lipinski definition) is 0. The van der Waals surface area contributed by atoms with Crippen molar-refractivity contribution >= 4 is 10.0 Å². The summed E-state index contributed by atoms with van der Waals surface area (Å²) in [4.78, 5) is 6.41. The van der Waals surface area contributed by atoms with Gasteiger partial charge in [-0.2, -0.15) is 4.31 Å². The zero-order chi connectivity index (χ0) is 16.9. The molecule has 0 bridgehead atoms. The Hall–Kier alpha value is -1.70. The van der Waals surface area contributed by atoms with Gasteiger partial charge in [-0.15, -0.1) is 0 Å². The number of benzene rings is 1. The van der Waals surface area contributed by atoms with Crippen molar-refractivity contribution in [1.29, 1.82) is 0 Å². The minimum absolute atomic E-state index is 0.344. The van der Waals surface area contributed by atoms with E-state index in [1.54, 1.807) is 34.8 Å². The number of rotatable bonds is 5. The van der Waals surface area contributed by atoms with Crippen LogP contribution in [0.25, 0.3) is 11.3 Å². The molecule has 1 aliphatic heterocycles. The summed E-state index contributed by atoms with van der Waals surface area (Å²) < 4.78 is 32.5. The fourth-order valence-electron chi connectivity index (χ4n) is 3.80. The number of piperidine rings is 1. The summed E-state index contributed by atoms with van der Waals surface area (Å²) in [5.74, 6) is 2.33. The molecule has 0 spiro atoms. The molecule has 0 radical (unpaired) electrons. The van der Waals surface area contributed by atoms with Crippen molar-refractivity contribution in [2.45, 2.75) is 4.90 Å². The van der Waals surface area contributed by atoms with Gasteiger partial charge in [-0.1, -0.05) is 0 Å². The first-order chi connectivity index (χ1) is 11.5. The maximum atomic E-state index is 12.8. The molecule has 6 nitrogen and oxygen atoms in total. The lowest BCUT2D eigenvalue weighted by atomic mass is 10.2. The van der Waals surface area contributed by atoms with Crippen molar-refractivity contribution < 1.29 is 12.8 Å². The maximum Gasteiger partial charge on any atom is 0.243 e. The van der Waals surface area contributed by atoms with Crippen LogP contribution in [0.2, 0.25) is 0 Å². The van der Waals surface area contributed by atoms with Gasteiger partial charge in [-0.3, -0.25) is 0 Å². The average Bonchev–Trinajstić information content (AvgIpc) is 3.01. The molecule has 1 aromatic heterocycles. The van der Waals surface area contributed by atoms with Gasteiger partial charge in [0.2, 0.25) is 10.0 Å². The Bertz CT molecular complexity index is 803. The van der Waals surface area contributed by atoms with Gasteiger partial charge in [-0.05, 0) is 56.1 Å². The Balaban J connectivity index is 1.47. The maximum absolute atomic E-state index is 12.8. The topological polar surface area (TPSA) is 66.7 Å². The van der Waals surface area contributed by atoms with E-state index in [9.17, 15) is 8.42 Å². The fraction of sp³-hybridized carbons (Fsp3) is 0.471. The molecule has 2 aliphatic rings. The molecule has 24 heavy (non-hydrogen) atoms. The highest BCUT2D eigenvalue weighted by Gasteiger charge is 2.57. The molecular formula is C17H21N3O3S. The fourth-order valence-corrected chi connectivity index (χ4v) is 5.31. The predicted molar refractivity (Wildman–Crippen MR) is 89.7 cm³/mol. The van der Waals surface area contributed by atoms with Crippen molar-refractivity contribution in [3.8, 4) is 11.3 Å². The van der Waals surface area contributed by atoms with Crippen LogP contribution < -0.4 is 0 Å². The molecule has 1 unspecified atom stereocenters. The Morgan fingerprint density at radius 3 is 2.42 bits per heavy atom. The van der Waals surface area contributed by atoms with Crippen LogP contribution in [-0.2, 0) is 10.0 Å². The molecule has 1 saturated heterocycles. The third-order valence-corrected chi connectivity index (χ3v) is 6.97. The second-order valence-electron chi connectivity index (χ2n) is 6.97. The second kappa shape index (κ2) is 5.68. The lowest BCUT2D eigenvalue weighted by molar-refractivity contribution is 0.334. The molecule has 4 rings (SSSR count). The van der Waals surface area contributed by atoms with Gasteiger partial charge < -0.3 is 9.32 Å². The van der Waals surface area contributed by atoms with Crippen molar-refractivity contribution in [3.05, 3.63) is 36.9 Å². The number of sulfonamides is 1. The Labute approximate surface area is 142 Å². The first-order valence-corrected chi connectivity index (χ1v) is 9.54. The number of nitrogens with zero attached hydrogens (tertiary/aromatic N) is 3. The molecule has 128 valence electrons. The van der Waals surface area contributed by atoms with E-state index in [1.165, 1.54) is 6.39 Å². The van der Waals surface area contributed by atoms with Crippen LogP contribution in [-0.4, -0.2) is 56.3 Å². The molecule has 1 saturated carbocycles. The van der Waals surface area contributed by atoms with Gasteiger partial charge >= 0.3 is 0 Å². The molecule has 0 N–H and O–H groups in total. The van der Waals surface area contributed by atoms with Crippen molar-refractivity contribution in [1.82, 2.24) is 14.2 Å². The smallest absolute Gasteiger partial charge is 0.243 e. The van der Waals surface area contributed by atoms with Crippen LogP contribution in [0, 0.1) is 17.8 Å². The Kier molecular flexibility index (Phi) is 3.74. The molecule has 1 aliphatic carbocycles. The van der Waals surface area contributed by atoms with E-state index < -0.39 is 10.0 Å². The van der Waals surface area contributed by atoms with Crippen LogP contribution in [0.1, 0.15) is 0 Å². The van der Waals surface area contributed by atoms with Gasteiger partial charge in [0.1, 0.15) is 0 Å². The van der Waals surface area contributed by atoms with E-state index in [4.69, 9.17) is 4.42 Å². The van der Waals surface area contributed by atoms with Crippen molar-refractivity contribution in [3.63, 3.8) is 0 Å². The summed E-state index contributed by atoms with van der Waals surface area (Å²) in [5.41, 5.74) is 0.821. The summed E-state index contributed by atoms with van der Waals surface area (Å²) in [6.45, 7) is 2.35. The summed E-state index contributed by atoms with van der Waals surface area (Å²) >= 11 is 0. The number of fused-ring (bicyclic) bond motifs is 1. The largest absolute Gasteiger partial charge is 0.444 e. The Morgan fingerprint density at radius 1 is 1.21 bits per heavy atom. The molecule has 2 aromatic rings. The normalized spacial score (nSPS) is 26.7. The van der Waals surface area contributed by atoms with E-state index in [0.717, 1.165) is 12.1 Å². The quantitative estimate of drug-likeness (QED) is 0.825. The van der Waals surface area contributed by atoms with E-state index in [0.29, 0.717) is 41.5 Å². The van der Waals surface area contributed by atoms with Crippen LogP contribution in [0.5, 0.6) is 0 Å². The summed E-state index contributed by atoms with van der Waals surface area (Å²) in [6.07, 6.45) is 2.98.